The summed E-state index contributed by atoms with van der Waals surface area (Å²) < 4.78 is 14.2. The van der Waals surface area contributed by atoms with Gasteiger partial charge in [0.2, 0.25) is 5.91 Å². The summed E-state index contributed by atoms with van der Waals surface area (Å²) in [4.78, 5) is 33.5. The Kier molecular flexibility index (Phi) is 5.43. The van der Waals surface area contributed by atoms with Gasteiger partial charge in [0.25, 0.3) is 5.91 Å². The zero-order valence-electron chi connectivity index (χ0n) is 17.8. The Balaban J connectivity index is 1.44. The maximum absolute atomic E-state index is 14.2. The van der Waals surface area contributed by atoms with Crippen molar-refractivity contribution in [3.63, 3.8) is 0 Å². The molecule has 2 atom stereocenters. The number of halogens is 1. The lowest BCUT2D eigenvalue weighted by molar-refractivity contribution is -0.134. The van der Waals surface area contributed by atoms with E-state index >= 15 is 0 Å². The van der Waals surface area contributed by atoms with Gasteiger partial charge in [-0.2, -0.15) is 0 Å². The molecule has 0 saturated carbocycles. The summed E-state index contributed by atoms with van der Waals surface area (Å²) in [7, 11) is 1.78. The Labute approximate surface area is 190 Å². The number of nitrogens with zero attached hydrogens (tertiary/aromatic N) is 3. The third-order valence-corrected chi connectivity index (χ3v) is 7.41. The molecular weight excluding hydrogens is 425 g/mol. The van der Waals surface area contributed by atoms with Gasteiger partial charge in [-0.15, -0.1) is 11.3 Å². The van der Waals surface area contributed by atoms with Crippen LogP contribution in [-0.2, 0) is 4.79 Å². The summed E-state index contributed by atoms with van der Waals surface area (Å²) in [5.74, 6) is -0.755. The van der Waals surface area contributed by atoms with Gasteiger partial charge in [0.1, 0.15) is 5.82 Å². The smallest absolute Gasteiger partial charge is 0.254 e. The molecule has 7 heteroatoms. The number of hydrogen-bond donors (Lipinski definition) is 0. The molecule has 0 spiro atoms. The first-order valence-corrected chi connectivity index (χ1v) is 11.6. The monoisotopic (exact) mass is 449 g/mol. The summed E-state index contributed by atoms with van der Waals surface area (Å²) in [5.41, 5.74) is 1.95. The normalized spacial score (nSPS) is 20.9. The van der Waals surface area contributed by atoms with Crippen LogP contribution in [-0.4, -0.2) is 54.8 Å². The van der Waals surface area contributed by atoms with E-state index in [9.17, 15) is 14.0 Å². The van der Waals surface area contributed by atoms with Crippen molar-refractivity contribution in [1.29, 1.82) is 0 Å². The number of rotatable bonds is 3. The number of likely N-dealkylation sites (N-methyl/N-ethyl adjacent to an activating group) is 1. The molecule has 3 heterocycles. The van der Waals surface area contributed by atoms with Crippen LogP contribution in [0.3, 0.4) is 0 Å². The lowest BCUT2D eigenvalue weighted by Crippen LogP contribution is -2.53. The second-order valence-electron chi connectivity index (χ2n) is 8.20. The van der Waals surface area contributed by atoms with E-state index in [1.165, 1.54) is 6.07 Å². The molecule has 164 valence electrons. The van der Waals surface area contributed by atoms with Gasteiger partial charge in [-0.25, -0.2) is 4.39 Å². The summed E-state index contributed by atoms with van der Waals surface area (Å²) in [6.45, 7) is 2.17. The lowest BCUT2D eigenvalue weighted by atomic mass is 9.81. The highest BCUT2D eigenvalue weighted by Crippen LogP contribution is 2.44. The van der Waals surface area contributed by atoms with Crippen LogP contribution in [0.1, 0.15) is 32.8 Å². The molecule has 3 aromatic rings. The van der Waals surface area contributed by atoms with Crippen molar-refractivity contribution in [3.8, 4) is 0 Å². The van der Waals surface area contributed by atoms with E-state index in [0.717, 1.165) is 10.4 Å². The number of anilines is 1. The van der Waals surface area contributed by atoms with Crippen LogP contribution in [0.2, 0.25) is 0 Å². The van der Waals surface area contributed by atoms with Gasteiger partial charge in [0.15, 0.2) is 0 Å². The summed E-state index contributed by atoms with van der Waals surface area (Å²) in [6, 6.07) is 17.8. The molecule has 0 unspecified atom stereocenters. The van der Waals surface area contributed by atoms with E-state index in [1.54, 1.807) is 41.5 Å². The Morgan fingerprint density at radius 1 is 0.969 bits per heavy atom. The third-order valence-electron chi connectivity index (χ3n) is 6.46. The van der Waals surface area contributed by atoms with Crippen LogP contribution in [0, 0.1) is 5.82 Å². The van der Waals surface area contributed by atoms with Crippen LogP contribution >= 0.6 is 11.3 Å². The molecule has 5 rings (SSSR count). The molecule has 0 N–H and O–H groups in total. The van der Waals surface area contributed by atoms with E-state index in [4.69, 9.17) is 0 Å². The van der Waals surface area contributed by atoms with E-state index in [-0.39, 0.29) is 23.7 Å². The highest BCUT2D eigenvalue weighted by molar-refractivity contribution is 7.10. The summed E-state index contributed by atoms with van der Waals surface area (Å²) in [6.07, 6.45) is 0. The van der Waals surface area contributed by atoms with Crippen molar-refractivity contribution < 1.29 is 14.0 Å². The van der Waals surface area contributed by atoms with Crippen LogP contribution in [0.15, 0.2) is 66.0 Å². The number of benzene rings is 2. The molecule has 2 aliphatic rings. The van der Waals surface area contributed by atoms with Crippen LogP contribution in [0.4, 0.5) is 10.1 Å². The lowest BCUT2D eigenvalue weighted by Gasteiger charge is -2.43. The zero-order valence-corrected chi connectivity index (χ0v) is 18.6. The highest BCUT2D eigenvalue weighted by Gasteiger charge is 2.44. The van der Waals surface area contributed by atoms with Gasteiger partial charge in [-0.05, 0) is 35.2 Å². The molecule has 0 radical (unpaired) electrons. The fraction of sp³-hybridized carbons (Fsp3) is 0.280. The number of piperazine rings is 1. The van der Waals surface area contributed by atoms with Crippen molar-refractivity contribution in [2.75, 3.05) is 38.1 Å². The molecule has 2 aromatic carbocycles. The SMILES string of the molecule is CN1C(=O)c2ccccc2[C@H](C(=O)N2CCN(c3ccccc3F)CC2)[C@H]1c1cccs1. The molecule has 5 nitrogen and oxygen atoms in total. The Hall–Kier alpha value is -3.19. The number of carbonyl (C=O) groups excluding carboxylic acids is 2. The van der Waals surface area contributed by atoms with Crippen molar-refractivity contribution >= 4 is 28.8 Å². The zero-order chi connectivity index (χ0) is 22.2. The first-order chi connectivity index (χ1) is 15.6. The molecule has 1 saturated heterocycles. The van der Waals surface area contributed by atoms with Crippen molar-refractivity contribution in [2.24, 2.45) is 0 Å². The van der Waals surface area contributed by atoms with Gasteiger partial charge in [0, 0.05) is 43.7 Å². The van der Waals surface area contributed by atoms with Gasteiger partial charge in [-0.3, -0.25) is 9.59 Å². The molecule has 1 aromatic heterocycles. The predicted molar refractivity (Wildman–Crippen MR) is 124 cm³/mol. The number of para-hydroxylation sites is 1. The second-order valence-corrected chi connectivity index (χ2v) is 9.18. The molecule has 0 aliphatic carbocycles. The number of fused-ring (bicyclic) bond motifs is 1. The molecule has 0 bridgehead atoms. The largest absolute Gasteiger partial charge is 0.366 e. The minimum Gasteiger partial charge on any atom is -0.366 e. The molecule has 1 fully saturated rings. The maximum Gasteiger partial charge on any atom is 0.254 e. The highest BCUT2D eigenvalue weighted by atomic mass is 32.1. The Bertz CT molecular complexity index is 1140. The van der Waals surface area contributed by atoms with Crippen molar-refractivity contribution in [1.82, 2.24) is 9.80 Å². The van der Waals surface area contributed by atoms with Crippen molar-refractivity contribution in [3.05, 3.63) is 87.9 Å². The topological polar surface area (TPSA) is 43.9 Å². The standard InChI is InChI=1S/C25H24FN3O2S/c1-27-23(21-11-6-16-32-21)22(17-7-2-3-8-18(17)24(27)30)25(31)29-14-12-28(13-15-29)20-10-5-4-9-19(20)26/h2-11,16,22-23H,12-15H2,1H3/t22-,23+/m0/s1. The minimum absolute atomic E-state index is 0.0170. The summed E-state index contributed by atoms with van der Waals surface area (Å²) >= 11 is 1.56. The van der Waals surface area contributed by atoms with Gasteiger partial charge >= 0.3 is 0 Å². The number of amides is 2. The fourth-order valence-corrected chi connectivity index (χ4v) is 5.73. The first kappa shape index (κ1) is 20.7. The van der Waals surface area contributed by atoms with Crippen molar-refractivity contribution in [2.45, 2.75) is 12.0 Å². The quantitative estimate of drug-likeness (QED) is 0.604. The number of carbonyl (C=O) groups is 2. The fourth-order valence-electron chi connectivity index (χ4n) is 4.83. The Morgan fingerprint density at radius 2 is 1.69 bits per heavy atom. The van der Waals surface area contributed by atoms with Gasteiger partial charge in [-0.1, -0.05) is 36.4 Å². The second kappa shape index (κ2) is 8.39. The van der Waals surface area contributed by atoms with E-state index in [1.807, 2.05) is 51.6 Å². The predicted octanol–water partition coefficient (Wildman–Crippen LogP) is 4.15. The first-order valence-electron chi connectivity index (χ1n) is 10.7. The molecule has 32 heavy (non-hydrogen) atoms. The van der Waals surface area contributed by atoms with E-state index in [2.05, 4.69) is 0 Å². The summed E-state index contributed by atoms with van der Waals surface area (Å²) in [5, 5.41) is 1.98. The number of hydrogen-bond acceptors (Lipinski definition) is 4. The van der Waals surface area contributed by atoms with Crippen LogP contribution < -0.4 is 4.90 Å². The third kappa shape index (κ3) is 3.46. The van der Waals surface area contributed by atoms with E-state index in [0.29, 0.717) is 37.4 Å². The van der Waals surface area contributed by atoms with Crippen LogP contribution in [0.25, 0.3) is 0 Å². The molecule has 2 aliphatic heterocycles. The van der Waals surface area contributed by atoms with Gasteiger partial charge in [0.05, 0.1) is 17.6 Å². The number of thiophene rings is 1. The molecular formula is C25H24FN3O2S. The maximum atomic E-state index is 14.2. The van der Waals surface area contributed by atoms with Crippen LogP contribution in [0.5, 0.6) is 0 Å². The van der Waals surface area contributed by atoms with Gasteiger partial charge < -0.3 is 14.7 Å². The Morgan fingerprint density at radius 3 is 2.41 bits per heavy atom. The van der Waals surface area contributed by atoms with E-state index < -0.39 is 5.92 Å². The average Bonchev–Trinajstić information content (AvgIpc) is 3.36. The minimum atomic E-state index is -0.465. The average molecular weight is 450 g/mol. The molecule has 2 amide bonds.